The lowest BCUT2D eigenvalue weighted by atomic mass is 9.57. The number of aromatic hydroxyl groups is 2. The number of aliphatic hydroxyl groups is 1. The standard InChI is InChI=1S/C33H41N3O5/c1-20(2)7-10-25-26(37)14-22(16-28(25)40-19-24-18-36(6)35-34-24)9-8-21-13-23-17-29-32(3,4)30(39)11-12-33(29,5)41-31(23)27(38)15-21/h7-9,13-16,18,29-30,37-39H,10-12,17,19H2,1-6H3/b9-8+/t29-,30-,33-/m1/s1. The molecular formula is C33H41N3O5. The quantitative estimate of drug-likeness (QED) is 0.241. The Labute approximate surface area is 241 Å². The summed E-state index contributed by atoms with van der Waals surface area (Å²) in [5, 5.41) is 40.7. The summed E-state index contributed by atoms with van der Waals surface area (Å²) < 4.78 is 14.2. The highest BCUT2D eigenvalue weighted by Gasteiger charge is 2.54. The Balaban J connectivity index is 1.43. The fourth-order valence-corrected chi connectivity index (χ4v) is 6.30. The number of fused-ring (bicyclic) bond motifs is 2. The molecular weight excluding hydrogens is 518 g/mol. The summed E-state index contributed by atoms with van der Waals surface area (Å²) in [5.41, 5.74) is 4.32. The third-order valence-corrected chi connectivity index (χ3v) is 8.75. The highest BCUT2D eigenvalue weighted by atomic mass is 16.5. The molecule has 3 aromatic rings. The Hall–Kier alpha value is -3.78. The largest absolute Gasteiger partial charge is 0.507 e. The molecule has 1 aromatic heterocycles. The zero-order valence-electron chi connectivity index (χ0n) is 24.8. The molecule has 2 aromatic carbocycles. The number of ether oxygens (including phenoxy) is 2. The van der Waals surface area contributed by atoms with Crippen molar-refractivity contribution >= 4 is 12.2 Å². The summed E-state index contributed by atoms with van der Waals surface area (Å²) in [5.74, 6) is 1.49. The first kappa shape index (κ1) is 28.7. The summed E-state index contributed by atoms with van der Waals surface area (Å²) in [4.78, 5) is 0. The van der Waals surface area contributed by atoms with Gasteiger partial charge in [-0.3, -0.25) is 4.68 Å². The van der Waals surface area contributed by atoms with Crippen molar-refractivity contribution in [2.75, 3.05) is 0 Å². The average Bonchev–Trinajstić information content (AvgIpc) is 3.33. The lowest BCUT2D eigenvalue weighted by Crippen LogP contribution is -2.58. The van der Waals surface area contributed by atoms with Crippen LogP contribution in [-0.2, 0) is 26.5 Å². The molecule has 41 heavy (non-hydrogen) atoms. The molecule has 1 fully saturated rings. The van der Waals surface area contributed by atoms with Crippen molar-refractivity contribution in [3.8, 4) is 23.0 Å². The van der Waals surface area contributed by atoms with Crippen LogP contribution < -0.4 is 9.47 Å². The molecule has 218 valence electrons. The third-order valence-electron chi connectivity index (χ3n) is 8.75. The van der Waals surface area contributed by atoms with E-state index >= 15 is 0 Å². The van der Waals surface area contributed by atoms with E-state index in [1.54, 1.807) is 30.1 Å². The first-order valence-corrected chi connectivity index (χ1v) is 14.2. The molecule has 0 amide bonds. The zero-order chi connectivity index (χ0) is 29.5. The van der Waals surface area contributed by atoms with Crippen LogP contribution >= 0.6 is 0 Å². The van der Waals surface area contributed by atoms with Crippen molar-refractivity contribution in [3.63, 3.8) is 0 Å². The maximum atomic E-state index is 10.9. The number of hydrogen-bond donors (Lipinski definition) is 3. The molecule has 0 spiro atoms. The van der Waals surface area contributed by atoms with Gasteiger partial charge in [0.15, 0.2) is 11.5 Å². The number of aliphatic hydroxyl groups excluding tert-OH is 1. The fraction of sp³-hybridized carbons (Fsp3) is 0.455. The third kappa shape index (κ3) is 5.84. The molecule has 8 nitrogen and oxygen atoms in total. The Morgan fingerprint density at radius 2 is 1.80 bits per heavy atom. The number of phenolic OH excluding ortho intramolecular Hbond substituents is 2. The van der Waals surface area contributed by atoms with Crippen molar-refractivity contribution in [2.24, 2.45) is 18.4 Å². The molecule has 0 unspecified atom stereocenters. The van der Waals surface area contributed by atoms with Crippen LogP contribution in [-0.4, -0.2) is 42.0 Å². The van der Waals surface area contributed by atoms with Crippen LogP contribution in [0.2, 0.25) is 0 Å². The molecule has 3 atom stereocenters. The van der Waals surface area contributed by atoms with Crippen LogP contribution in [0.1, 0.15) is 75.4 Å². The van der Waals surface area contributed by atoms with Gasteiger partial charge in [-0.15, -0.1) is 5.10 Å². The Morgan fingerprint density at radius 3 is 2.49 bits per heavy atom. The second-order valence-corrected chi connectivity index (χ2v) is 12.6. The predicted octanol–water partition coefficient (Wildman–Crippen LogP) is 5.98. The fourth-order valence-electron chi connectivity index (χ4n) is 6.30. The molecule has 0 bridgehead atoms. The summed E-state index contributed by atoms with van der Waals surface area (Å²) in [7, 11) is 1.80. The molecule has 0 saturated heterocycles. The molecule has 3 N–H and O–H groups in total. The minimum atomic E-state index is -0.433. The van der Waals surface area contributed by atoms with E-state index in [-0.39, 0.29) is 35.5 Å². The van der Waals surface area contributed by atoms with E-state index in [0.717, 1.165) is 28.7 Å². The normalized spacial score (nSPS) is 23.0. The summed E-state index contributed by atoms with van der Waals surface area (Å²) in [6, 6.07) is 7.37. The van der Waals surface area contributed by atoms with E-state index in [0.29, 0.717) is 42.0 Å². The highest BCUT2D eigenvalue weighted by Crippen LogP contribution is 2.54. The number of nitrogens with zero attached hydrogens (tertiary/aromatic N) is 3. The van der Waals surface area contributed by atoms with Gasteiger partial charge in [-0.1, -0.05) is 42.9 Å². The summed E-state index contributed by atoms with van der Waals surface area (Å²) in [6.07, 6.45) is 9.94. The lowest BCUT2D eigenvalue weighted by Gasteiger charge is -2.55. The van der Waals surface area contributed by atoms with Gasteiger partial charge in [0.05, 0.1) is 12.3 Å². The molecule has 5 rings (SSSR count). The average molecular weight is 560 g/mol. The number of benzene rings is 2. The molecule has 8 heteroatoms. The molecule has 0 radical (unpaired) electrons. The Morgan fingerprint density at radius 1 is 1.10 bits per heavy atom. The van der Waals surface area contributed by atoms with Gasteiger partial charge in [0, 0.05) is 18.5 Å². The van der Waals surface area contributed by atoms with Gasteiger partial charge in [-0.2, -0.15) is 0 Å². The number of phenols is 2. The SMILES string of the molecule is CC(C)=CCc1c(O)cc(/C=C/c2cc(O)c3c(c2)C[C@@H]2C(C)(C)[C@H](O)CC[C@@]2(C)O3)cc1OCc1cn(C)nn1. The van der Waals surface area contributed by atoms with Crippen LogP contribution in [0.4, 0.5) is 0 Å². The van der Waals surface area contributed by atoms with Crippen molar-refractivity contribution in [3.05, 3.63) is 70.1 Å². The van der Waals surface area contributed by atoms with Crippen molar-refractivity contribution in [1.82, 2.24) is 15.0 Å². The van der Waals surface area contributed by atoms with Gasteiger partial charge in [0.2, 0.25) is 0 Å². The van der Waals surface area contributed by atoms with Gasteiger partial charge < -0.3 is 24.8 Å². The van der Waals surface area contributed by atoms with Crippen LogP contribution in [0.3, 0.4) is 0 Å². The van der Waals surface area contributed by atoms with E-state index in [2.05, 4.69) is 37.2 Å². The number of aromatic nitrogens is 3. The predicted molar refractivity (Wildman–Crippen MR) is 159 cm³/mol. The second kappa shape index (κ2) is 10.9. The first-order valence-electron chi connectivity index (χ1n) is 14.2. The monoisotopic (exact) mass is 559 g/mol. The number of hydrogen-bond acceptors (Lipinski definition) is 7. The zero-order valence-corrected chi connectivity index (χ0v) is 24.8. The van der Waals surface area contributed by atoms with Gasteiger partial charge >= 0.3 is 0 Å². The Bertz CT molecular complexity index is 1500. The maximum Gasteiger partial charge on any atom is 0.164 e. The van der Waals surface area contributed by atoms with Gasteiger partial charge in [0.1, 0.15) is 29.4 Å². The van der Waals surface area contributed by atoms with Crippen molar-refractivity contribution in [2.45, 2.75) is 78.6 Å². The lowest BCUT2D eigenvalue weighted by molar-refractivity contribution is -0.138. The maximum absolute atomic E-state index is 10.9. The Kier molecular flexibility index (Phi) is 7.64. The summed E-state index contributed by atoms with van der Waals surface area (Å²) >= 11 is 0. The molecule has 1 aliphatic heterocycles. The van der Waals surface area contributed by atoms with E-state index in [9.17, 15) is 15.3 Å². The van der Waals surface area contributed by atoms with Gasteiger partial charge in [-0.25, -0.2) is 0 Å². The van der Waals surface area contributed by atoms with E-state index in [1.807, 2.05) is 38.1 Å². The molecule has 1 saturated carbocycles. The van der Waals surface area contributed by atoms with Crippen LogP contribution in [0.25, 0.3) is 12.2 Å². The summed E-state index contributed by atoms with van der Waals surface area (Å²) in [6.45, 7) is 10.6. The topological polar surface area (TPSA) is 110 Å². The van der Waals surface area contributed by atoms with E-state index in [1.165, 1.54) is 0 Å². The molecule has 2 heterocycles. The second-order valence-electron chi connectivity index (χ2n) is 12.6. The van der Waals surface area contributed by atoms with Crippen LogP contribution in [0, 0.1) is 11.3 Å². The molecule has 2 aliphatic rings. The highest BCUT2D eigenvalue weighted by molar-refractivity contribution is 5.73. The number of aryl methyl sites for hydroxylation is 1. The first-order chi connectivity index (χ1) is 19.4. The smallest absolute Gasteiger partial charge is 0.164 e. The minimum Gasteiger partial charge on any atom is -0.507 e. The number of rotatable bonds is 7. The van der Waals surface area contributed by atoms with E-state index < -0.39 is 5.60 Å². The van der Waals surface area contributed by atoms with Gasteiger partial charge in [-0.05, 0) is 92.8 Å². The van der Waals surface area contributed by atoms with E-state index in [4.69, 9.17) is 9.47 Å². The number of allylic oxidation sites excluding steroid dienone is 2. The van der Waals surface area contributed by atoms with Crippen LogP contribution in [0.15, 0.2) is 42.1 Å². The minimum absolute atomic E-state index is 0.110. The molecule has 1 aliphatic carbocycles. The van der Waals surface area contributed by atoms with Crippen molar-refractivity contribution in [1.29, 1.82) is 0 Å². The van der Waals surface area contributed by atoms with Crippen molar-refractivity contribution < 1.29 is 24.8 Å². The van der Waals surface area contributed by atoms with Crippen LogP contribution in [0.5, 0.6) is 23.0 Å². The van der Waals surface area contributed by atoms with Gasteiger partial charge in [0.25, 0.3) is 0 Å².